The van der Waals surface area contributed by atoms with Crippen LogP contribution in [0.4, 0.5) is 0 Å². The first kappa shape index (κ1) is 9.64. The van der Waals surface area contributed by atoms with Crippen molar-refractivity contribution in [2.24, 2.45) is 0 Å². The molecule has 1 atom stereocenters. The number of furan rings is 1. The highest BCUT2D eigenvalue weighted by Gasteiger charge is 2.39. The number of hydrogen-bond acceptors (Lipinski definition) is 5. The van der Waals surface area contributed by atoms with E-state index in [1.807, 2.05) is 0 Å². The van der Waals surface area contributed by atoms with Gasteiger partial charge in [0.15, 0.2) is 11.5 Å². The quantitative estimate of drug-likeness (QED) is 0.705. The maximum Gasteiger partial charge on any atom is 0.378 e. The molecule has 1 aromatic rings. The average Bonchev–Trinajstić information content (AvgIpc) is 2.83. The van der Waals surface area contributed by atoms with Gasteiger partial charge in [-0.15, -0.1) is 0 Å². The molecule has 2 rings (SSSR count). The van der Waals surface area contributed by atoms with Crippen LogP contribution in [-0.4, -0.2) is 20.2 Å². The van der Waals surface area contributed by atoms with Crippen LogP contribution in [0, 0.1) is 0 Å². The number of hydrogen-bond donors (Lipinski definition) is 0. The van der Waals surface area contributed by atoms with E-state index in [9.17, 15) is 4.79 Å². The third-order valence-corrected chi connectivity index (χ3v) is 2.10. The lowest BCUT2D eigenvalue weighted by atomic mass is 10.2. The molecule has 0 aromatic carbocycles. The Morgan fingerprint density at radius 2 is 2.13 bits per heavy atom. The van der Waals surface area contributed by atoms with Gasteiger partial charge in [0, 0.05) is 0 Å². The van der Waals surface area contributed by atoms with Gasteiger partial charge in [-0.2, -0.15) is 0 Å². The fraction of sp³-hybridized carbons (Fsp3) is 0.300. The van der Waals surface area contributed by atoms with Gasteiger partial charge in [0.1, 0.15) is 0 Å². The summed E-state index contributed by atoms with van der Waals surface area (Å²) in [5.74, 6) is 0.374. The van der Waals surface area contributed by atoms with E-state index in [4.69, 9.17) is 18.6 Å². The predicted molar refractivity (Wildman–Crippen MR) is 48.6 cm³/mol. The SMILES string of the molecule is COC1=C(OC)[C@H](c2ccco2)OC1=O. The highest BCUT2D eigenvalue weighted by Crippen LogP contribution is 2.35. The molecule has 0 unspecified atom stereocenters. The zero-order valence-corrected chi connectivity index (χ0v) is 8.35. The molecular weight excluding hydrogens is 200 g/mol. The van der Waals surface area contributed by atoms with Gasteiger partial charge in [-0.1, -0.05) is 0 Å². The molecule has 0 radical (unpaired) electrons. The van der Waals surface area contributed by atoms with Gasteiger partial charge in [-0.05, 0) is 12.1 Å². The molecule has 80 valence electrons. The molecule has 2 heterocycles. The lowest BCUT2D eigenvalue weighted by Gasteiger charge is -2.08. The monoisotopic (exact) mass is 210 g/mol. The molecule has 0 N–H and O–H groups in total. The highest BCUT2D eigenvalue weighted by atomic mass is 16.6. The number of ether oxygens (including phenoxy) is 3. The van der Waals surface area contributed by atoms with Crippen molar-refractivity contribution in [2.45, 2.75) is 6.10 Å². The van der Waals surface area contributed by atoms with Crippen molar-refractivity contribution in [1.82, 2.24) is 0 Å². The van der Waals surface area contributed by atoms with E-state index >= 15 is 0 Å². The van der Waals surface area contributed by atoms with Crippen LogP contribution >= 0.6 is 0 Å². The van der Waals surface area contributed by atoms with Crippen LogP contribution in [0.3, 0.4) is 0 Å². The molecule has 1 aliphatic rings. The summed E-state index contributed by atoms with van der Waals surface area (Å²) in [7, 11) is 2.84. The Morgan fingerprint density at radius 1 is 1.33 bits per heavy atom. The number of esters is 1. The smallest absolute Gasteiger partial charge is 0.378 e. The number of carbonyl (C=O) groups excluding carboxylic acids is 1. The van der Waals surface area contributed by atoms with E-state index in [0.29, 0.717) is 11.5 Å². The summed E-state index contributed by atoms with van der Waals surface area (Å²) < 4.78 is 20.2. The molecule has 5 heteroatoms. The maximum atomic E-state index is 11.4. The molecule has 0 fully saturated rings. The first-order valence-electron chi connectivity index (χ1n) is 4.34. The zero-order valence-electron chi connectivity index (χ0n) is 8.35. The van der Waals surface area contributed by atoms with Crippen LogP contribution in [0.5, 0.6) is 0 Å². The second-order valence-electron chi connectivity index (χ2n) is 2.90. The summed E-state index contributed by atoms with van der Waals surface area (Å²) in [6.07, 6.45) is 0.855. The first-order valence-corrected chi connectivity index (χ1v) is 4.34. The van der Waals surface area contributed by atoms with Crippen LogP contribution < -0.4 is 0 Å². The van der Waals surface area contributed by atoms with Crippen molar-refractivity contribution in [3.8, 4) is 0 Å². The van der Waals surface area contributed by atoms with E-state index in [2.05, 4.69) is 0 Å². The van der Waals surface area contributed by atoms with Gasteiger partial charge in [0.05, 0.1) is 20.5 Å². The molecule has 0 saturated heterocycles. The van der Waals surface area contributed by atoms with Crippen molar-refractivity contribution in [3.05, 3.63) is 35.7 Å². The highest BCUT2D eigenvalue weighted by molar-refractivity contribution is 5.89. The summed E-state index contributed by atoms with van der Waals surface area (Å²) in [5.41, 5.74) is 0. The molecule has 15 heavy (non-hydrogen) atoms. The Labute approximate surface area is 86.2 Å². The minimum Gasteiger partial charge on any atom is -0.493 e. The van der Waals surface area contributed by atoms with E-state index in [-0.39, 0.29) is 5.76 Å². The van der Waals surface area contributed by atoms with Crippen LogP contribution in [0.15, 0.2) is 34.3 Å². The molecule has 0 aliphatic carbocycles. The molecule has 0 spiro atoms. The number of cyclic esters (lactones) is 1. The van der Waals surface area contributed by atoms with Gasteiger partial charge in [0.2, 0.25) is 11.9 Å². The number of rotatable bonds is 3. The summed E-state index contributed by atoms with van der Waals surface area (Å²) in [6.45, 7) is 0. The van der Waals surface area contributed by atoms with Gasteiger partial charge >= 0.3 is 5.97 Å². The minimum atomic E-state index is -0.646. The average molecular weight is 210 g/mol. The number of methoxy groups -OCH3 is 2. The molecule has 1 aromatic heterocycles. The maximum absolute atomic E-state index is 11.4. The van der Waals surface area contributed by atoms with Gasteiger partial charge in [-0.3, -0.25) is 0 Å². The summed E-state index contributed by atoms with van der Waals surface area (Å²) >= 11 is 0. The summed E-state index contributed by atoms with van der Waals surface area (Å²) in [6, 6.07) is 3.41. The molecule has 0 saturated carbocycles. The topological polar surface area (TPSA) is 57.9 Å². The van der Waals surface area contributed by atoms with Gasteiger partial charge in [-0.25, -0.2) is 4.79 Å². The normalized spacial score (nSPS) is 20.4. The molecule has 0 bridgehead atoms. The van der Waals surface area contributed by atoms with Crippen LogP contribution in [0.1, 0.15) is 11.9 Å². The van der Waals surface area contributed by atoms with Crippen LogP contribution in [-0.2, 0) is 19.0 Å². The Kier molecular flexibility index (Phi) is 2.37. The second-order valence-corrected chi connectivity index (χ2v) is 2.90. The second kappa shape index (κ2) is 3.68. The van der Waals surface area contributed by atoms with E-state index in [1.165, 1.54) is 20.5 Å². The lowest BCUT2D eigenvalue weighted by Crippen LogP contribution is -2.03. The number of carbonyl (C=O) groups is 1. The van der Waals surface area contributed by atoms with Crippen molar-refractivity contribution in [2.75, 3.05) is 14.2 Å². The zero-order chi connectivity index (χ0) is 10.8. The molecule has 1 aliphatic heterocycles. The fourth-order valence-electron chi connectivity index (χ4n) is 1.45. The first-order chi connectivity index (χ1) is 7.27. The molecule has 5 nitrogen and oxygen atoms in total. The van der Waals surface area contributed by atoms with Crippen molar-refractivity contribution in [3.63, 3.8) is 0 Å². The standard InChI is InChI=1S/C10H10O5/c1-12-8-7(6-4-3-5-14-6)15-10(11)9(8)13-2/h3-5,7H,1-2H3/t7-/m0/s1. The van der Waals surface area contributed by atoms with E-state index in [1.54, 1.807) is 12.1 Å². The van der Waals surface area contributed by atoms with E-state index in [0.717, 1.165) is 0 Å². The van der Waals surface area contributed by atoms with E-state index < -0.39 is 12.1 Å². The third-order valence-electron chi connectivity index (χ3n) is 2.10. The Morgan fingerprint density at radius 3 is 2.67 bits per heavy atom. The summed E-state index contributed by atoms with van der Waals surface area (Å²) in [5, 5.41) is 0. The van der Waals surface area contributed by atoms with Crippen molar-refractivity contribution in [1.29, 1.82) is 0 Å². The van der Waals surface area contributed by atoms with Crippen molar-refractivity contribution >= 4 is 5.97 Å². The van der Waals surface area contributed by atoms with Gasteiger partial charge < -0.3 is 18.6 Å². The largest absolute Gasteiger partial charge is 0.493 e. The van der Waals surface area contributed by atoms with Crippen molar-refractivity contribution < 1.29 is 23.4 Å². The Balaban J connectivity index is 2.37. The lowest BCUT2D eigenvalue weighted by molar-refractivity contribution is -0.143. The predicted octanol–water partition coefficient (Wildman–Crippen LogP) is 1.38. The van der Waals surface area contributed by atoms with Crippen LogP contribution in [0.25, 0.3) is 0 Å². The fourth-order valence-corrected chi connectivity index (χ4v) is 1.45. The minimum absolute atomic E-state index is 0.0823. The third kappa shape index (κ3) is 1.45. The molecule has 0 amide bonds. The van der Waals surface area contributed by atoms with Gasteiger partial charge in [0.25, 0.3) is 0 Å². The summed E-state index contributed by atoms with van der Waals surface area (Å²) in [4.78, 5) is 11.4. The van der Waals surface area contributed by atoms with Crippen LogP contribution in [0.2, 0.25) is 0 Å². The molecular formula is C10H10O5. The Hall–Kier alpha value is -1.91. The Bertz CT molecular complexity index is 390.